The van der Waals surface area contributed by atoms with E-state index in [-0.39, 0.29) is 5.92 Å². The third-order valence-electron chi connectivity index (χ3n) is 2.23. The summed E-state index contributed by atoms with van der Waals surface area (Å²) in [5, 5.41) is 2.69. The SMILES string of the molecule is C#CC(=O)NC(C)(CN)C(C)C. The number of terminal acetylenes is 1. The van der Waals surface area contributed by atoms with Gasteiger partial charge in [-0.2, -0.15) is 0 Å². The number of amides is 1. The zero-order chi connectivity index (χ0) is 9.78. The summed E-state index contributed by atoms with van der Waals surface area (Å²) in [4.78, 5) is 10.9. The van der Waals surface area contributed by atoms with Gasteiger partial charge in [0, 0.05) is 6.54 Å². The molecule has 0 aromatic heterocycles. The molecule has 1 amide bonds. The maximum absolute atomic E-state index is 10.9. The van der Waals surface area contributed by atoms with Crippen LogP contribution in [0.3, 0.4) is 0 Å². The zero-order valence-corrected chi connectivity index (χ0v) is 7.85. The Labute approximate surface area is 73.7 Å². The van der Waals surface area contributed by atoms with Gasteiger partial charge in [-0.15, -0.1) is 6.42 Å². The van der Waals surface area contributed by atoms with Gasteiger partial charge >= 0.3 is 0 Å². The molecule has 0 saturated carbocycles. The van der Waals surface area contributed by atoms with Gasteiger partial charge in [-0.25, -0.2) is 0 Å². The Morgan fingerprint density at radius 3 is 2.50 bits per heavy atom. The molecule has 3 heteroatoms. The number of nitrogens with two attached hydrogens (primary N) is 1. The predicted octanol–water partition coefficient (Wildman–Crippen LogP) is 0.109. The van der Waals surface area contributed by atoms with Crippen LogP contribution in [-0.2, 0) is 4.79 Å². The van der Waals surface area contributed by atoms with Gasteiger partial charge in [-0.3, -0.25) is 4.79 Å². The Kier molecular flexibility index (Phi) is 3.78. The largest absolute Gasteiger partial charge is 0.339 e. The van der Waals surface area contributed by atoms with Gasteiger partial charge in [0.05, 0.1) is 5.54 Å². The fourth-order valence-electron chi connectivity index (χ4n) is 0.727. The summed E-state index contributed by atoms with van der Waals surface area (Å²) < 4.78 is 0. The molecule has 0 rings (SSSR count). The summed E-state index contributed by atoms with van der Waals surface area (Å²) in [7, 11) is 0. The highest BCUT2D eigenvalue weighted by molar-refractivity contribution is 5.93. The molecule has 1 unspecified atom stereocenters. The minimum Gasteiger partial charge on any atom is -0.339 e. The Hall–Kier alpha value is -1.01. The lowest BCUT2D eigenvalue weighted by Gasteiger charge is -2.32. The molecule has 0 radical (unpaired) electrons. The molecule has 0 aliphatic heterocycles. The topological polar surface area (TPSA) is 55.1 Å². The summed E-state index contributed by atoms with van der Waals surface area (Å²) in [6.07, 6.45) is 4.93. The van der Waals surface area contributed by atoms with Crippen molar-refractivity contribution in [3.05, 3.63) is 0 Å². The molecule has 0 saturated heterocycles. The van der Waals surface area contributed by atoms with Crippen molar-refractivity contribution in [1.82, 2.24) is 5.32 Å². The molecule has 68 valence electrons. The molecule has 0 aliphatic rings. The Balaban J connectivity index is 4.36. The van der Waals surface area contributed by atoms with Crippen molar-refractivity contribution in [3.8, 4) is 12.3 Å². The number of nitrogens with one attached hydrogen (secondary N) is 1. The summed E-state index contributed by atoms with van der Waals surface area (Å²) in [5.74, 6) is 1.86. The van der Waals surface area contributed by atoms with Gasteiger partial charge < -0.3 is 11.1 Å². The van der Waals surface area contributed by atoms with E-state index in [1.165, 1.54) is 0 Å². The third kappa shape index (κ3) is 2.55. The van der Waals surface area contributed by atoms with E-state index in [0.717, 1.165) is 0 Å². The Bertz CT molecular complexity index is 205. The van der Waals surface area contributed by atoms with E-state index in [9.17, 15) is 4.79 Å². The van der Waals surface area contributed by atoms with Crippen molar-refractivity contribution in [2.45, 2.75) is 26.3 Å². The molecular weight excluding hydrogens is 152 g/mol. The lowest BCUT2D eigenvalue weighted by molar-refractivity contribution is -0.117. The molecule has 0 spiro atoms. The molecule has 0 aromatic carbocycles. The lowest BCUT2D eigenvalue weighted by atomic mass is 9.88. The molecular formula is C9H16N2O. The highest BCUT2D eigenvalue weighted by Gasteiger charge is 2.27. The lowest BCUT2D eigenvalue weighted by Crippen LogP contribution is -2.54. The maximum atomic E-state index is 10.9. The Morgan fingerprint density at radius 2 is 2.25 bits per heavy atom. The first-order chi connectivity index (χ1) is 5.46. The normalized spacial score (nSPS) is 15.0. The first-order valence-electron chi connectivity index (χ1n) is 3.95. The summed E-state index contributed by atoms with van der Waals surface area (Å²) in [6, 6.07) is 0. The first kappa shape index (κ1) is 11.0. The molecule has 3 nitrogen and oxygen atoms in total. The van der Waals surface area contributed by atoms with Crippen LogP contribution in [0.4, 0.5) is 0 Å². The second-order valence-corrected chi connectivity index (χ2v) is 3.37. The van der Waals surface area contributed by atoms with E-state index in [2.05, 4.69) is 5.32 Å². The van der Waals surface area contributed by atoms with E-state index < -0.39 is 11.4 Å². The van der Waals surface area contributed by atoms with Crippen LogP contribution in [0.5, 0.6) is 0 Å². The second kappa shape index (κ2) is 4.13. The number of hydrogen-bond acceptors (Lipinski definition) is 2. The minimum absolute atomic E-state index is 0.264. The molecule has 12 heavy (non-hydrogen) atoms. The predicted molar refractivity (Wildman–Crippen MR) is 49.3 cm³/mol. The van der Waals surface area contributed by atoms with E-state index in [4.69, 9.17) is 12.2 Å². The molecule has 0 heterocycles. The Morgan fingerprint density at radius 1 is 1.75 bits per heavy atom. The zero-order valence-electron chi connectivity index (χ0n) is 7.85. The van der Waals surface area contributed by atoms with E-state index >= 15 is 0 Å². The molecule has 3 N–H and O–H groups in total. The number of carbonyl (C=O) groups is 1. The number of carbonyl (C=O) groups excluding carboxylic acids is 1. The van der Waals surface area contributed by atoms with Crippen molar-refractivity contribution in [2.24, 2.45) is 11.7 Å². The van der Waals surface area contributed by atoms with Gasteiger partial charge in [-0.1, -0.05) is 13.8 Å². The van der Waals surface area contributed by atoms with Gasteiger partial charge in [0.1, 0.15) is 0 Å². The smallest absolute Gasteiger partial charge is 0.296 e. The van der Waals surface area contributed by atoms with Crippen molar-refractivity contribution in [1.29, 1.82) is 0 Å². The summed E-state index contributed by atoms with van der Waals surface area (Å²) in [6.45, 7) is 6.25. The van der Waals surface area contributed by atoms with Crippen LogP contribution in [0.25, 0.3) is 0 Å². The molecule has 1 atom stereocenters. The summed E-state index contributed by atoms with van der Waals surface area (Å²) >= 11 is 0. The molecule has 0 aliphatic carbocycles. The fraction of sp³-hybridized carbons (Fsp3) is 0.667. The van der Waals surface area contributed by atoms with Gasteiger partial charge in [0.25, 0.3) is 5.91 Å². The number of hydrogen-bond donors (Lipinski definition) is 2. The van der Waals surface area contributed by atoms with Crippen LogP contribution < -0.4 is 11.1 Å². The van der Waals surface area contributed by atoms with Crippen LogP contribution >= 0.6 is 0 Å². The van der Waals surface area contributed by atoms with Gasteiger partial charge in [0.15, 0.2) is 0 Å². The standard InChI is InChI=1S/C9H16N2O/c1-5-8(12)11-9(4,6-10)7(2)3/h1,7H,6,10H2,2-4H3,(H,11,12). The van der Waals surface area contributed by atoms with Crippen LogP contribution in [0, 0.1) is 18.3 Å². The van der Waals surface area contributed by atoms with Crippen molar-refractivity contribution < 1.29 is 4.79 Å². The highest BCUT2D eigenvalue weighted by atomic mass is 16.1. The van der Waals surface area contributed by atoms with Crippen molar-refractivity contribution >= 4 is 5.91 Å². The molecule has 0 bridgehead atoms. The molecule has 0 aromatic rings. The monoisotopic (exact) mass is 168 g/mol. The average Bonchev–Trinajstić information content (AvgIpc) is 2.03. The van der Waals surface area contributed by atoms with Gasteiger partial charge in [-0.05, 0) is 18.8 Å². The van der Waals surface area contributed by atoms with Crippen molar-refractivity contribution in [2.75, 3.05) is 6.54 Å². The first-order valence-corrected chi connectivity index (χ1v) is 3.95. The minimum atomic E-state index is -0.406. The average molecular weight is 168 g/mol. The van der Waals surface area contributed by atoms with E-state index in [1.54, 1.807) is 0 Å². The van der Waals surface area contributed by atoms with Crippen LogP contribution in [-0.4, -0.2) is 18.0 Å². The fourth-order valence-corrected chi connectivity index (χ4v) is 0.727. The second-order valence-electron chi connectivity index (χ2n) is 3.37. The van der Waals surface area contributed by atoms with Crippen LogP contribution in [0.1, 0.15) is 20.8 Å². The van der Waals surface area contributed by atoms with Gasteiger partial charge in [0.2, 0.25) is 0 Å². The highest BCUT2D eigenvalue weighted by Crippen LogP contribution is 2.13. The maximum Gasteiger partial charge on any atom is 0.296 e. The quantitative estimate of drug-likeness (QED) is 0.588. The third-order valence-corrected chi connectivity index (χ3v) is 2.23. The number of rotatable bonds is 3. The van der Waals surface area contributed by atoms with E-state index in [0.29, 0.717) is 6.54 Å². The van der Waals surface area contributed by atoms with Crippen LogP contribution in [0.2, 0.25) is 0 Å². The van der Waals surface area contributed by atoms with Crippen molar-refractivity contribution in [3.63, 3.8) is 0 Å². The van der Waals surface area contributed by atoms with Crippen LogP contribution in [0.15, 0.2) is 0 Å². The summed E-state index contributed by atoms with van der Waals surface area (Å²) in [5.41, 5.74) is 5.13. The molecule has 0 fully saturated rings. The van der Waals surface area contributed by atoms with E-state index in [1.807, 2.05) is 26.7 Å².